The zero-order valence-electron chi connectivity index (χ0n) is 14.7. The van der Waals surface area contributed by atoms with Gasteiger partial charge in [-0.3, -0.25) is 4.79 Å². The summed E-state index contributed by atoms with van der Waals surface area (Å²) in [6.07, 6.45) is 3.17. The first kappa shape index (κ1) is 17.4. The van der Waals surface area contributed by atoms with Gasteiger partial charge in [-0.2, -0.15) is 0 Å². The van der Waals surface area contributed by atoms with Gasteiger partial charge in [-0.15, -0.1) is 0 Å². The fourth-order valence-corrected chi connectivity index (χ4v) is 5.92. The summed E-state index contributed by atoms with van der Waals surface area (Å²) in [4.78, 5) is 11.3. The second-order valence-corrected chi connectivity index (χ2v) is 9.70. The summed E-state index contributed by atoms with van der Waals surface area (Å²) in [5.74, 6) is 0.401. The smallest absolute Gasteiger partial charge is 0.240 e. The van der Waals surface area contributed by atoms with Gasteiger partial charge < -0.3 is 5.32 Å². The van der Waals surface area contributed by atoms with Gasteiger partial charge in [0.1, 0.15) is 0 Å². The number of rotatable bonds is 4. The van der Waals surface area contributed by atoms with Crippen LogP contribution < -0.4 is 10.0 Å². The van der Waals surface area contributed by atoms with Crippen molar-refractivity contribution in [3.05, 3.63) is 24.3 Å². The molecule has 132 valence electrons. The average Bonchev–Trinajstić information content (AvgIpc) is 2.80. The minimum atomic E-state index is -3.56. The van der Waals surface area contributed by atoms with Gasteiger partial charge in [0.2, 0.25) is 15.9 Å². The van der Waals surface area contributed by atoms with Gasteiger partial charge in [0.05, 0.1) is 4.90 Å². The number of nitrogens with one attached hydrogen (secondary N) is 2. The van der Waals surface area contributed by atoms with E-state index >= 15 is 0 Å². The minimum Gasteiger partial charge on any atom is -0.326 e. The number of fused-ring (bicyclic) bond motifs is 2. The van der Waals surface area contributed by atoms with Crippen LogP contribution in [-0.4, -0.2) is 20.4 Å². The quantitative estimate of drug-likeness (QED) is 0.876. The highest BCUT2D eigenvalue weighted by atomic mass is 32.2. The van der Waals surface area contributed by atoms with Crippen molar-refractivity contribution in [2.75, 3.05) is 5.32 Å². The minimum absolute atomic E-state index is 0.000856. The number of anilines is 1. The number of amides is 1. The summed E-state index contributed by atoms with van der Waals surface area (Å²) in [6, 6.07) is 6.28. The lowest BCUT2D eigenvalue weighted by Gasteiger charge is -2.39. The third-order valence-electron chi connectivity index (χ3n) is 6.58. The molecular formula is C18H26N2O3S. The molecule has 3 atom stereocenters. The number of carbonyl (C=O) groups excluding carboxylic acids is 1. The molecule has 0 aromatic heterocycles. The molecule has 6 heteroatoms. The van der Waals surface area contributed by atoms with E-state index in [9.17, 15) is 13.2 Å². The van der Waals surface area contributed by atoms with Crippen LogP contribution in [0.1, 0.15) is 47.0 Å². The van der Waals surface area contributed by atoms with Crippen molar-refractivity contribution < 1.29 is 13.2 Å². The lowest BCUT2D eigenvalue weighted by Crippen LogP contribution is -2.46. The topological polar surface area (TPSA) is 75.3 Å². The number of hydrogen-bond acceptors (Lipinski definition) is 3. The van der Waals surface area contributed by atoms with Gasteiger partial charge in [0, 0.05) is 18.7 Å². The molecule has 2 fully saturated rings. The monoisotopic (exact) mass is 350 g/mol. The van der Waals surface area contributed by atoms with E-state index < -0.39 is 10.0 Å². The molecule has 5 nitrogen and oxygen atoms in total. The van der Waals surface area contributed by atoms with Crippen molar-refractivity contribution >= 4 is 21.6 Å². The number of hydrogen-bond donors (Lipinski definition) is 2. The Labute approximate surface area is 144 Å². The van der Waals surface area contributed by atoms with Crippen LogP contribution >= 0.6 is 0 Å². The van der Waals surface area contributed by atoms with Crippen LogP contribution in [0.4, 0.5) is 5.69 Å². The van der Waals surface area contributed by atoms with E-state index in [4.69, 9.17) is 0 Å². The van der Waals surface area contributed by atoms with E-state index in [1.807, 2.05) is 0 Å². The zero-order valence-corrected chi connectivity index (χ0v) is 15.5. The van der Waals surface area contributed by atoms with Gasteiger partial charge >= 0.3 is 0 Å². The Morgan fingerprint density at radius 1 is 1.17 bits per heavy atom. The van der Waals surface area contributed by atoms with E-state index in [0.29, 0.717) is 11.6 Å². The molecule has 0 heterocycles. The summed E-state index contributed by atoms with van der Waals surface area (Å²) in [7, 11) is -3.56. The molecule has 0 aliphatic heterocycles. The van der Waals surface area contributed by atoms with Crippen molar-refractivity contribution in [1.82, 2.24) is 4.72 Å². The molecule has 1 aromatic carbocycles. The van der Waals surface area contributed by atoms with Crippen molar-refractivity contribution in [3.63, 3.8) is 0 Å². The Balaban J connectivity index is 1.79. The summed E-state index contributed by atoms with van der Waals surface area (Å²) in [6.45, 7) is 8.17. The number of sulfonamides is 1. The highest BCUT2D eigenvalue weighted by Crippen LogP contribution is 2.65. The molecule has 2 N–H and O–H groups in total. The lowest BCUT2D eigenvalue weighted by atomic mass is 9.69. The zero-order chi connectivity index (χ0) is 17.8. The molecule has 2 aliphatic carbocycles. The van der Waals surface area contributed by atoms with Crippen LogP contribution in [0.15, 0.2) is 29.2 Å². The Bertz CT molecular complexity index is 755. The SMILES string of the molecule is CC(=O)Nc1ccc(S(=O)(=O)N[C@H]2C[C@H]3CC[C@]2(C)C3(C)C)cc1. The summed E-state index contributed by atoms with van der Waals surface area (Å²) in [5.41, 5.74) is 0.755. The van der Waals surface area contributed by atoms with Gasteiger partial charge in [-0.05, 0) is 60.3 Å². The molecule has 1 aromatic rings. The predicted octanol–water partition coefficient (Wildman–Crippen LogP) is 3.14. The summed E-state index contributed by atoms with van der Waals surface area (Å²) in [5, 5.41) is 2.64. The Hall–Kier alpha value is -1.40. The first-order valence-corrected chi connectivity index (χ1v) is 9.94. The molecule has 0 spiro atoms. The maximum absolute atomic E-state index is 12.8. The van der Waals surface area contributed by atoms with Gasteiger partial charge in [-0.1, -0.05) is 20.8 Å². The van der Waals surface area contributed by atoms with Gasteiger partial charge in [-0.25, -0.2) is 13.1 Å². The summed E-state index contributed by atoms with van der Waals surface area (Å²) < 4.78 is 28.4. The first-order valence-electron chi connectivity index (χ1n) is 8.46. The van der Waals surface area contributed by atoms with E-state index in [1.54, 1.807) is 12.1 Å². The predicted molar refractivity (Wildman–Crippen MR) is 94.1 cm³/mol. The van der Waals surface area contributed by atoms with Gasteiger partial charge in [0.25, 0.3) is 0 Å². The normalized spacial score (nSPS) is 31.2. The van der Waals surface area contributed by atoms with E-state index in [2.05, 4.69) is 30.8 Å². The molecule has 2 saturated carbocycles. The number of carbonyl (C=O) groups is 1. The number of benzene rings is 1. The van der Waals surface area contributed by atoms with E-state index in [-0.39, 0.29) is 27.7 Å². The van der Waals surface area contributed by atoms with Crippen LogP contribution in [0.3, 0.4) is 0 Å². The average molecular weight is 350 g/mol. The standard InChI is InChI=1S/C18H26N2O3S/c1-12(21)19-14-5-7-15(8-6-14)24(22,23)20-16-11-13-9-10-18(16,4)17(13,2)3/h5-8,13,16,20H,9-11H2,1-4H3,(H,19,21)/t13-,16+,18+/m1/s1. The van der Waals surface area contributed by atoms with Crippen molar-refractivity contribution in [2.45, 2.75) is 57.9 Å². The third kappa shape index (κ3) is 2.65. The van der Waals surface area contributed by atoms with Crippen LogP contribution in [-0.2, 0) is 14.8 Å². The highest BCUT2D eigenvalue weighted by Gasteiger charge is 2.61. The van der Waals surface area contributed by atoms with Crippen LogP contribution in [0.25, 0.3) is 0 Å². The van der Waals surface area contributed by atoms with Gasteiger partial charge in [0.15, 0.2) is 0 Å². The molecule has 3 rings (SSSR count). The van der Waals surface area contributed by atoms with Crippen molar-refractivity contribution in [2.24, 2.45) is 16.7 Å². The maximum Gasteiger partial charge on any atom is 0.240 e. The summed E-state index contributed by atoms with van der Waals surface area (Å²) >= 11 is 0. The Morgan fingerprint density at radius 2 is 1.79 bits per heavy atom. The highest BCUT2D eigenvalue weighted by molar-refractivity contribution is 7.89. The van der Waals surface area contributed by atoms with Crippen molar-refractivity contribution in [1.29, 1.82) is 0 Å². The maximum atomic E-state index is 12.8. The first-order chi connectivity index (χ1) is 11.1. The fourth-order valence-electron chi connectivity index (χ4n) is 4.56. The van der Waals surface area contributed by atoms with E-state index in [1.165, 1.54) is 25.5 Å². The molecular weight excluding hydrogens is 324 g/mol. The van der Waals surface area contributed by atoms with Crippen molar-refractivity contribution in [3.8, 4) is 0 Å². The fraction of sp³-hybridized carbons (Fsp3) is 0.611. The third-order valence-corrected chi connectivity index (χ3v) is 8.06. The molecule has 2 bridgehead atoms. The van der Waals surface area contributed by atoms with Crippen LogP contribution in [0.2, 0.25) is 0 Å². The lowest BCUT2D eigenvalue weighted by molar-refractivity contribution is -0.114. The van der Waals surface area contributed by atoms with Crippen LogP contribution in [0, 0.1) is 16.7 Å². The molecule has 0 radical (unpaired) electrons. The Morgan fingerprint density at radius 3 is 2.25 bits per heavy atom. The Kier molecular flexibility index (Phi) is 4.04. The largest absolute Gasteiger partial charge is 0.326 e. The second-order valence-electron chi connectivity index (χ2n) is 7.99. The second kappa shape index (κ2) is 5.56. The molecule has 0 unspecified atom stereocenters. The molecule has 0 saturated heterocycles. The molecule has 2 aliphatic rings. The molecule has 1 amide bonds. The molecule has 24 heavy (non-hydrogen) atoms. The van der Waals surface area contributed by atoms with Crippen LogP contribution in [0.5, 0.6) is 0 Å². The van der Waals surface area contributed by atoms with E-state index in [0.717, 1.165) is 12.8 Å².